The van der Waals surface area contributed by atoms with Crippen molar-refractivity contribution in [1.82, 2.24) is 15.1 Å². The van der Waals surface area contributed by atoms with Crippen LogP contribution in [0.2, 0.25) is 5.02 Å². The van der Waals surface area contributed by atoms with Crippen molar-refractivity contribution >= 4 is 48.7 Å². The Morgan fingerprint density at radius 3 is 2.61 bits per heavy atom. The van der Waals surface area contributed by atoms with Crippen molar-refractivity contribution in [1.29, 1.82) is 0 Å². The van der Waals surface area contributed by atoms with Crippen molar-refractivity contribution < 1.29 is 14.3 Å². The van der Waals surface area contributed by atoms with Crippen LogP contribution in [0, 0.1) is 5.92 Å². The molecular weight excluding hydrogens is 454 g/mol. The van der Waals surface area contributed by atoms with Gasteiger partial charge in [-0.15, -0.1) is 0 Å². The average molecular weight is 488 g/mol. The fourth-order valence-corrected chi connectivity index (χ4v) is 4.63. The fourth-order valence-electron chi connectivity index (χ4n) is 4.11. The molecule has 0 saturated carbocycles. The van der Waals surface area contributed by atoms with Crippen LogP contribution in [0.1, 0.15) is 24.3 Å². The number of hydrogen-bond acceptors (Lipinski definition) is 7. The molecule has 0 spiro atoms. The van der Waals surface area contributed by atoms with Gasteiger partial charge in [0.25, 0.3) is 0 Å². The summed E-state index contributed by atoms with van der Waals surface area (Å²) in [7, 11) is 1.45. The van der Waals surface area contributed by atoms with E-state index in [2.05, 4.69) is 40.4 Å². The number of benzene rings is 1. The van der Waals surface area contributed by atoms with E-state index in [0.717, 1.165) is 44.6 Å². The zero-order valence-electron chi connectivity index (χ0n) is 18.1. The highest BCUT2D eigenvalue weighted by Crippen LogP contribution is 2.34. The molecule has 1 heterocycles. The molecule has 1 amide bonds. The lowest BCUT2D eigenvalue weighted by Crippen LogP contribution is -2.44. The Labute approximate surface area is 201 Å². The van der Waals surface area contributed by atoms with E-state index in [-0.39, 0.29) is 23.7 Å². The van der Waals surface area contributed by atoms with E-state index < -0.39 is 0 Å². The minimum atomic E-state index is -0.194. The summed E-state index contributed by atoms with van der Waals surface area (Å²) in [5.74, 6) is 1.13. The summed E-state index contributed by atoms with van der Waals surface area (Å²) >= 11 is 14.5. The number of carbonyl (C=O) groups excluding carboxylic acids is 2. The molecule has 9 heteroatoms. The lowest BCUT2D eigenvalue weighted by Gasteiger charge is -2.37. The standard InChI is InChI=1S/C22H34ClN3O3S2/c1-29-22(28)20-15-25(11-7-19(20)17-3-5-18(23)6-4-17)9-2-10-26(12-14-31)16-21(27)24-8-13-30/h3-6,19-20,30-31H,2,7-16H2,1H3,(H,24,27)/t19?,20-/m1/s1. The van der Waals surface area contributed by atoms with E-state index in [4.69, 9.17) is 16.3 Å². The number of halogens is 1. The maximum atomic E-state index is 12.5. The summed E-state index contributed by atoms with van der Waals surface area (Å²) in [5, 5.41) is 3.55. The van der Waals surface area contributed by atoms with Gasteiger partial charge in [0, 0.05) is 36.2 Å². The van der Waals surface area contributed by atoms with Crippen LogP contribution in [-0.2, 0) is 14.3 Å². The van der Waals surface area contributed by atoms with Gasteiger partial charge in [-0.1, -0.05) is 23.7 Å². The van der Waals surface area contributed by atoms with E-state index in [1.54, 1.807) is 0 Å². The first-order valence-corrected chi connectivity index (χ1v) is 12.4. The number of carbonyl (C=O) groups is 2. The lowest BCUT2D eigenvalue weighted by atomic mass is 9.80. The minimum Gasteiger partial charge on any atom is -0.469 e. The zero-order chi connectivity index (χ0) is 22.6. The number of piperidine rings is 1. The van der Waals surface area contributed by atoms with Gasteiger partial charge in [0.1, 0.15) is 0 Å². The summed E-state index contributed by atoms with van der Waals surface area (Å²) in [6.45, 7) is 5.01. The van der Waals surface area contributed by atoms with Crippen LogP contribution >= 0.6 is 36.9 Å². The van der Waals surface area contributed by atoms with Gasteiger partial charge < -0.3 is 15.0 Å². The van der Waals surface area contributed by atoms with Crippen LogP contribution in [0.25, 0.3) is 0 Å². The average Bonchev–Trinajstić information content (AvgIpc) is 2.77. The summed E-state index contributed by atoms with van der Waals surface area (Å²) in [4.78, 5) is 29.0. The predicted molar refractivity (Wildman–Crippen MR) is 133 cm³/mol. The molecule has 0 radical (unpaired) electrons. The fraction of sp³-hybridized carbons (Fsp3) is 0.636. The first-order valence-electron chi connectivity index (χ1n) is 10.7. The largest absolute Gasteiger partial charge is 0.469 e. The third kappa shape index (κ3) is 8.85. The van der Waals surface area contributed by atoms with Crippen molar-refractivity contribution in [2.45, 2.75) is 18.8 Å². The van der Waals surface area contributed by atoms with Crippen LogP contribution in [0.5, 0.6) is 0 Å². The van der Waals surface area contributed by atoms with E-state index in [9.17, 15) is 9.59 Å². The topological polar surface area (TPSA) is 61.9 Å². The van der Waals surface area contributed by atoms with Gasteiger partial charge in [-0.2, -0.15) is 25.3 Å². The van der Waals surface area contributed by atoms with Gasteiger partial charge in [-0.25, -0.2) is 0 Å². The number of nitrogens with one attached hydrogen (secondary N) is 1. The molecule has 0 aromatic heterocycles. The van der Waals surface area contributed by atoms with Crippen molar-refractivity contribution in [2.24, 2.45) is 5.92 Å². The molecule has 1 aliphatic rings. The number of nitrogens with zero attached hydrogens (tertiary/aromatic N) is 2. The highest BCUT2D eigenvalue weighted by Gasteiger charge is 2.35. The zero-order valence-corrected chi connectivity index (χ0v) is 20.7. The van der Waals surface area contributed by atoms with Crippen LogP contribution in [0.15, 0.2) is 24.3 Å². The van der Waals surface area contributed by atoms with Gasteiger partial charge in [-0.05, 0) is 56.1 Å². The molecule has 0 bridgehead atoms. The Bertz CT molecular complexity index is 693. The first kappa shape index (κ1) is 26.3. The molecule has 1 fully saturated rings. The van der Waals surface area contributed by atoms with Crippen molar-refractivity contribution in [3.05, 3.63) is 34.9 Å². The van der Waals surface area contributed by atoms with Crippen LogP contribution in [0.4, 0.5) is 0 Å². The van der Waals surface area contributed by atoms with E-state index in [1.807, 2.05) is 24.3 Å². The molecule has 1 N–H and O–H groups in total. The van der Waals surface area contributed by atoms with Crippen molar-refractivity contribution in [3.63, 3.8) is 0 Å². The molecular formula is C22H34ClN3O3S2. The third-order valence-corrected chi connectivity index (χ3v) is 6.34. The number of rotatable bonds is 12. The van der Waals surface area contributed by atoms with Gasteiger partial charge in [0.05, 0.1) is 19.6 Å². The quantitative estimate of drug-likeness (QED) is 0.312. The van der Waals surface area contributed by atoms with Gasteiger partial charge >= 0.3 is 5.97 Å². The number of ether oxygens (including phenoxy) is 1. The van der Waals surface area contributed by atoms with E-state index in [1.165, 1.54) is 7.11 Å². The van der Waals surface area contributed by atoms with Crippen LogP contribution in [-0.4, -0.2) is 86.1 Å². The normalized spacial score (nSPS) is 19.4. The Morgan fingerprint density at radius 2 is 1.97 bits per heavy atom. The number of esters is 1. The molecule has 1 saturated heterocycles. The number of amides is 1. The maximum absolute atomic E-state index is 12.5. The second kappa shape index (κ2) is 14.3. The smallest absolute Gasteiger partial charge is 0.310 e. The number of methoxy groups -OCH3 is 1. The predicted octanol–water partition coefficient (Wildman–Crippen LogP) is 2.59. The Hall–Kier alpha value is -0.930. The van der Waals surface area contributed by atoms with Crippen molar-refractivity contribution in [3.8, 4) is 0 Å². The first-order chi connectivity index (χ1) is 15.0. The van der Waals surface area contributed by atoms with Gasteiger partial charge in [-0.3, -0.25) is 14.5 Å². The molecule has 1 aliphatic heterocycles. The molecule has 31 heavy (non-hydrogen) atoms. The Kier molecular flexibility index (Phi) is 12.1. The highest BCUT2D eigenvalue weighted by atomic mass is 35.5. The molecule has 2 atom stereocenters. The Morgan fingerprint density at radius 1 is 1.23 bits per heavy atom. The van der Waals surface area contributed by atoms with Crippen LogP contribution in [0.3, 0.4) is 0 Å². The van der Waals surface area contributed by atoms with Gasteiger partial charge in [0.15, 0.2) is 0 Å². The monoisotopic (exact) mass is 487 g/mol. The Balaban J connectivity index is 1.88. The molecule has 1 unspecified atom stereocenters. The lowest BCUT2D eigenvalue weighted by molar-refractivity contribution is -0.148. The maximum Gasteiger partial charge on any atom is 0.310 e. The summed E-state index contributed by atoms with van der Waals surface area (Å²) in [5.41, 5.74) is 1.13. The van der Waals surface area contributed by atoms with E-state index >= 15 is 0 Å². The van der Waals surface area contributed by atoms with Gasteiger partial charge in [0.2, 0.25) is 5.91 Å². The number of hydrogen-bond donors (Lipinski definition) is 3. The third-order valence-electron chi connectivity index (χ3n) is 5.67. The molecule has 6 nitrogen and oxygen atoms in total. The molecule has 174 valence electrons. The number of likely N-dealkylation sites (tertiary alicyclic amines) is 1. The van der Waals surface area contributed by atoms with Crippen LogP contribution < -0.4 is 5.32 Å². The summed E-state index contributed by atoms with van der Waals surface area (Å²) in [6, 6.07) is 7.76. The molecule has 1 aromatic rings. The summed E-state index contributed by atoms with van der Waals surface area (Å²) in [6.07, 6.45) is 1.82. The molecule has 2 rings (SSSR count). The highest BCUT2D eigenvalue weighted by molar-refractivity contribution is 7.80. The molecule has 0 aliphatic carbocycles. The second-order valence-corrected chi connectivity index (χ2v) is 9.13. The minimum absolute atomic E-state index is 0.0189. The number of thiol groups is 2. The second-order valence-electron chi connectivity index (χ2n) is 7.80. The summed E-state index contributed by atoms with van der Waals surface area (Å²) < 4.78 is 5.11. The SMILES string of the molecule is COC(=O)[C@@H]1CN(CCCN(CCS)CC(=O)NCCS)CCC1c1ccc(Cl)cc1. The molecule has 1 aromatic carbocycles. The van der Waals surface area contributed by atoms with Crippen molar-refractivity contribution in [2.75, 3.05) is 64.4 Å². The van der Waals surface area contributed by atoms with E-state index in [0.29, 0.717) is 36.2 Å².